The van der Waals surface area contributed by atoms with Crippen LogP contribution in [-0.4, -0.2) is 23.7 Å². The molecule has 0 atom stereocenters. The Morgan fingerprint density at radius 2 is 0.596 bits per heavy atom. The fourth-order valence-corrected chi connectivity index (χ4v) is 13.0. The van der Waals surface area contributed by atoms with Gasteiger partial charge in [-0.15, -0.1) is 0 Å². The van der Waals surface area contributed by atoms with Gasteiger partial charge in [0.2, 0.25) is 0 Å². The molecule has 0 amide bonds. The zero-order valence-electron chi connectivity index (χ0n) is 47.1. The molecule has 0 N–H and O–H groups in total. The zero-order chi connectivity index (χ0) is 60.1. The van der Waals surface area contributed by atoms with Crippen molar-refractivity contribution in [2.45, 2.75) is 12.4 Å². The first-order valence-corrected chi connectivity index (χ1v) is 29.1. The van der Waals surface area contributed by atoms with Gasteiger partial charge in [-0.1, -0.05) is 182 Å². The summed E-state index contributed by atoms with van der Waals surface area (Å²) in [7, 11) is 0. The van der Waals surface area contributed by atoms with E-state index in [2.05, 4.69) is 147 Å². The summed E-state index contributed by atoms with van der Waals surface area (Å²) in [5.74, 6) is 0.481. The van der Waals surface area contributed by atoms with Crippen LogP contribution in [-0.2, 0) is 12.4 Å². The van der Waals surface area contributed by atoms with E-state index in [9.17, 15) is 26.3 Å². The first kappa shape index (κ1) is 53.2. The molecule has 0 fully saturated rings. The smallest absolute Gasteiger partial charge is 0.309 e. The molecular formula is C78H47F6N5. The second-order valence-electron chi connectivity index (χ2n) is 22.3. The van der Waals surface area contributed by atoms with E-state index in [0.717, 1.165) is 134 Å². The van der Waals surface area contributed by atoms with Gasteiger partial charge in [0.15, 0.2) is 5.82 Å². The zero-order valence-corrected chi connectivity index (χ0v) is 47.1. The molecule has 89 heavy (non-hydrogen) atoms. The molecule has 0 radical (unpaired) electrons. The SMILES string of the molecule is FC(F)(F)c1cc(-c2ccc3c(c2)c2ccccc2n3-c2c(-c3ccc(-n4c5ccccc5c5ccccc54)cc3)cc(-c3nc(-c4ccccc4)cc(-c4ccccc4)n3)cc2-c2ccc(-n3c4ccccc4c4ccccc43)cc2)cc(C(F)(F)F)c1. The Bertz CT molecular complexity index is 5070. The van der Waals surface area contributed by atoms with E-state index in [-0.39, 0.29) is 17.2 Å². The van der Waals surface area contributed by atoms with E-state index in [1.54, 1.807) is 18.2 Å². The number of aromatic nitrogens is 5. The quantitative estimate of drug-likeness (QED) is 0.135. The molecule has 16 rings (SSSR count). The van der Waals surface area contributed by atoms with Crippen molar-refractivity contribution in [3.63, 3.8) is 0 Å². The lowest BCUT2D eigenvalue weighted by Crippen LogP contribution is -2.11. The van der Waals surface area contributed by atoms with Crippen LogP contribution in [0.4, 0.5) is 26.3 Å². The summed E-state index contributed by atoms with van der Waals surface area (Å²) in [6, 6.07) is 91.5. The summed E-state index contributed by atoms with van der Waals surface area (Å²) >= 11 is 0. The Hall–Kier alpha value is -11.3. The Balaban J connectivity index is 0.990. The Kier molecular flexibility index (Phi) is 12.4. The highest BCUT2D eigenvalue weighted by Crippen LogP contribution is 2.47. The molecule has 16 aromatic rings. The third-order valence-electron chi connectivity index (χ3n) is 17.1. The minimum absolute atomic E-state index is 0.164. The number of alkyl halides is 6. The second-order valence-corrected chi connectivity index (χ2v) is 22.3. The maximum absolute atomic E-state index is 14.4. The summed E-state index contributed by atoms with van der Waals surface area (Å²) in [5, 5.41) is 5.89. The first-order chi connectivity index (χ1) is 43.4. The van der Waals surface area contributed by atoms with Crippen LogP contribution in [0.25, 0.3) is 150 Å². The molecule has 5 nitrogen and oxygen atoms in total. The summed E-state index contributed by atoms with van der Waals surface area (Å²) in [5.41, 5.74) is 12.8. The summed E-state index contributed by atoms with van der Waals surface area (Å²) in [6.45, 7) is 0. The molecule has 4 heterocycles. The van der Waals surface area contributed by atoms with Crippen LogP contribution in [0.15, 0.2) is 285 Å². The van der Waals surface area contributed by atoms with Gasteiger partial charge in [-0.2, -0.15) is 26.3 Å². The van der Waals surface area contributed by atoms with Gasteiger partial charge in [0.1, 0.15) is 0 Å². The van der Waals surface area contributed by atoms with E-state index < -0.39 is 23.5 Å². The van der Waals surface area contributed by atoms with Crippen molar-refractivity contribution >= 4 is 65.4 Å². The molecule has 426 valence electrons. The molecule has 0 spiro atoms. The van der Waals surface area contributed by atoms with E-state index in [4.69, 9.17) is 9.97 Å². The molecule has 0 aliphatic heterocycles. The Morgan fingerprint density at radius 3 is 1.00 bits per heavy atom. The van der Waals surface area contributed by atoms with Gasteiger partial charge < -0.3 is 13.7 Å². The molecule has 0 bridgehead atoms. The van der Waals surface area contributed by atoms with Gasteiger partial charge >= 0.3 is 12.4 Å². The first-order valence-electron chi connectivity index (χ1n) is 29.1. The number of halogens is 6. The Labute approximate surface area is 505 Å². The molecule has 4 aromatic heterocycles. The number of nitrogens with zero attached hydrogens (tertiary/aromatic N) is 5. The van der Waals surface area contributed by atoms with Gasteiger partial charge in [-0.05, 0) is 125 Å². The van der Waals surface area contributed by atoms with Crippen LogP contribution in [0, 0.1) is 0 Å². The van der Waals surface area contributed by atoms with Gasteiger partial charge in [0, 0.05) is 71.5 Å². The minimum Gasteiger partial charge on any atom is -0.309 e. The lowest BCUT2D eigenvalue weighted by atomic mass is 9.92. The van der Waals surface area contributed by atoms with Crippen LogP contribution >= 0.6 is 0 Å². The number of hydrogen-bond acceptors (Lipinski definition) is 2. The van der Waals surface area contributed by atoms with Crippen molar-refractivity contribution in [2.75, 3.05) is 0 Å². The number of rotatable bonds is 9. The predicted molar refractivity (Wildman–Crippen MR) is 348 cm³/mol. The fourth-order valence-electron chi connectivity index (χ4n) is 13.0. The maximum Gasteiger partial charge on any atom is 0.416 e. The Morgan fingerprint density at radius 1 is 0.247 bits per heavy atom. The molecular weight excluding hydrogens is 1120 g/mol. The number of fused-ring (bicyclic) bond motifs is 9. The lowest BCUT2D eigenvalue weighted by molar-refractivity contribution is -0.143. The highest BCUT2D eigenvalue weighted by molar-refractivity contribution is 6.13. The van der Waals surface area contributed by atoms with Crippen molar-refractivity contribution in [1.29, 1.82) is 0 Å². The summed E-state index contributed by atoms with van der Waals surface area (Å²) < 4.78 is 93.4. The highest BCUT2D eigenvalue weighted by Gasteiger charge is 2.37. The van der Waals surface area contributed by atoms with Crippen molar-refractivity contribution in [3.8, 4) is 84.3 Å². The third kappa shape index (κ3) is 9.11. The van der Waals surface area contributed by atoms with Crippen molar-refractivity contribution in [1.82, 2.24) is 23.7 Å². The van der Waals surface area contributed by atoms with Crippen LogP contribution in [0.5, 0.6) is 0 Å². The molecule has 0 saturated carbocycles. The van der Waals surface area contributed by atoms with Crippen LogP contribution in [0.3, 0.4) is 0 Å². The second kappa shape index (κ2) is 20.7. The van der Waals surface area contributed by atoms with E-state index in [0.29, 0.717) is 16.7 Å². The molecule has 0 aliphatic rings. The van der Waals surface area contributed by atoms with E-state index >= 15 is 0 Å². The summed E-state index contributed by atoms with van der Waals surface area (Å²) in [6.07, 6.45) is -10.1. The molecule has 12 aromatic carbocycles. The largest absolute Gasteiger partial charge is 0.416 e. The third-order valence-corrected chi connectivity index (χ3v) is 17.1. The molecule has 0 saturated heterocycles. The van der Waals surface area contributed by atoms with Crippen LogP contribution in [0.2, 0.25) is 0 Å². The lowest BCUT2D eigenvalue weighted by Gasteiger charge is -2.22. The van der Waals surface area contributed by atoms with Gasteiger partial charge in [0.25, 0.3) is 0 Å². The average molecular weight is 1170 g/mol. The normalized spacial score (nSPS) is 12.2. The van der Waals surface area contributed by atoms with Crippen molar-refractivity contribution in [3.05, 3.63) is 296 Å². The van der Waals surface area contributed by atoms with Crippen molar-refractivity contribution in [2.24, 2.45) is 0 Å². The standard InChI is InChI=1S/C78H47F6N5/c79-77(80,81)55-41-53(42-56(46-55)78(82,83)84)52-35-40-74-66(43-52)63-25-11-16-30-73(63)89(74)75-64(48-31-36-57(37-32-48)87-69-26-12-7-21-59(69)60-22-8-13-27-70(60)87)44-54(76-85-67(50-17-3-1-4-18-50)47-68(86-76)51-19-5-2-6-20-51)45-65(75)49-33-38-58(39-34-49)88-71-28-14-9-23-61(71)62-24-10-15-29-72(62)88/h1-47H. The van der Waals surface area contributed by atoms with E-state index in [1.165, 1.54) is 0 Å². The molecule has 11 heteroatoms. The maximum atomic E-state index is 14.4. The van der Waals surface area contributed by atoms with Gasteiger partial charge in [0.05, 0.1) is 61.3 Å². The fraction of sp³-hybridized carbons (Fsp3) is 0.0256. The number of benzene rings is 12. The van der Waals surface area contributed by atoms with E-state index in [1.807, 2.05) is 115 Å². The van der Waals surface area contributed by atoms with Gasteiger partial charge in [-0.3, -0.25) is 0 Å². The van der Waals surface area contributed by atoms with Crippen molar-refractivity contribution < 1.29 is 26.3 Å². The predicted octanol–water partition coefficient (Wildman–Crippen LogP) is 21.8. The minimum atomic E-state index is -5.03. The number of para-hydroxylation sites is 5. The number of hydrogen-bond donors (Lipinski definition) is 0. The van der Waals surface area contributed by atoms with Crippen LogP contribution < -0.4 is 0 Å². The topological polar surface area (TPSA) is 40.6 Å². The summed E-state index contributed by atoms with van der Waals surface area (Å²) in [4.78, 5) is 10.8. The van der Waals surface area contributed by atoms with Gasteiger partial charge in [-0.25, -0.2) is 9.97 Å². The highest BCUT2D eigenvalue weighted by atomic mass is 19.4. The van der Waals surface area contributed by atoms with Crippen LogP contribution in [0.1, 0.15) is 11.1 Å². The monoisotopic (exact) mass is 1170 g/mol. The average Bonchev–Trinajstić information content (AvgIpc) is 1.69. The molecule has 0 aliphatic carbocycles. The molecule has 0 unspecified atom stereocenters.